The molecular weight excluding hydrogens is 214 g/mol. The van der Waals surface area contributed by atoms with Crippen LogP contribution in [0.4, 0.5) is 0 Å². The number of hydrogen-bond acceptors (Lipinski definition) is 3. The lowest BCUT2D eigenvalue weighted by Crippen LogP contribution is -2.16. The molecular formula is C13H23N3O. The van der Waals surface area contributed by atoms with E-state index < -0.39 is 0 Å². The van der Waals surface area contributed by atoms with Gasteiger partial charge in [-0.2, -0.15) is 0 Å². The second-order valence-electron chi connectivity index (χ2n) is 4.88. The van der Waals surface area contributed by atoms with Gasteiger partial charge in [0, 0.05) is 19.3 Å². The maximum absolute atomic E-state index is 5.81. The fourth-order valence-electron chi connectivity index (χ4n) is 2.25. The minimum Gasteiger partial charge on any atom is -0.373 e. The average molecular weight is 237 g/mol. The van der Waals surface area contributed by atoms with Gasteiger partial charge in [0.25, 0.3) is 0 Å². The molecule has 4 heteroatoms. The van der Waals surface area contributed by atoms with Crippen molar-refractivity contribution in [2.45, 2.75) is 58.4 Å². The molecule has 0 amide bonds. The topological polar surface area (TPSA) is 39.1 Å². The van der Waals surface area contributed by atoms with Gasteiger partial charge in [0.1, 0.15) is 0 Å². The molecule has 2 unspecified atom stereocenters. The van der Waals surface area contributed by atoms with Crippen molar-refractivity contribution in [2.24, 2.45) is 0 Å². The van der Waals surface area contributed by atoms with Crippen molar-refractivity contribution in [3.63, 3.8) is 0 Å². The quantitative estimate of drug-likeness (QED) is 0.769. The van der Waals surface area contributed by atoms with E-state index in [-0.39, 0.29) is 0 Å². The molecule has 1 N–H and O–H groups in total. The van der Waals surface area contributed by atoms with E-state index in [2.05, 4.69) is 34.9 Å². The van der Waals surface area contributed by atoms with Gasteiger partial charge in [-0.3, -0.25) is 0 Å². The maximum atomic E-state index is 5.81. The summed E-state index contributed by atoms with van der Waals surface area (Å²) in [6, 6.07) is 0. The molecule has 1 fully saturated rings. The van der Waals surface area contributed by atoms with Crippen LogP contribution in [0.3, 0.4) is 0 Å². The highest BCUT2D eigenvalue weighted by molar-refractivity contribution is 4.96. The Balaban J connectivity index is 1.77. The molecule has 2 rings (SSSR count). The number of hydrogen-bond donors (Lipinski definition) is 1. The summed E-state index contributed by atoms with van der Waals surface area (Å²) >= 11 is 0. The largest absolute Gasteiger partial charge is 0.373 e. The minimum atomic E-state index is 0.371. The second-order valence-corrected chi connectivity index (χ2v) is 4.88. The Morgan fingerprint density at radius 1 is 1.53 bits per heavy atom. The molecule has 1 aliphatic rings. The Morgan fingerprint density at radius 3 is 3.12 bits per heavy atom. The highest BCUT2D eigenvalue weighted by Crippen LogP contribution is 2.20. The van der Waals surface area contributed by atoms with Crippen LogP contribution in [0.25, 0.3) is 0 Å². The van der Waals surface area contributed by atoms with Crippen molar-refractivity contribution in [3.8, 4) is 0 Å². The van der Waals surface area contributed by atoms with Gasteiger partial charge in [0.2, 0.25) is 0 Å². The highest BCUT2D eigenvalue weighted by Gasteiger charge is 2.21. The van der Waals surface area contributed by atoms with Crippen LogP contribution in [0.15, 0.2) is 12.5 Å². The lowest BCUT2D eigenvalue weighted by molar-refractivity contribution is 0.0458. The Kier molecular flexibility index (Phi) is 4.57. The second kappa shape index (κ2) is 6.17. The number of rotatable bonds is 6. The number of imidazole rings is 1. The molecule has 0 spiro atoms. The fourth-order valence-corrected chi connectivity index (χ4v) is 2.25. The molecule has 2 heterocycles. The molecule has 4 nitrogen and oxygen atoms in total. The number of nitrogens with one attached hydrogen (secondary N) is 1. The summed E-state index contributed by atoms with van der Waals surface area (Å²) in [6.45, 7) is 7.17. The summed E-state index contributed by atoms with van der Waals surface area (Å²) in [5, 5.41) is 3.36. The number of aromatic nitrogens is 2. The van der Waals surface area contributed by atoms with Gasteiger partial charge in [-0.25, -0.2) is 4.98 Å². The van der Waals surface area contributed by atoms with Crippen molar-refractivity contribution < 1.29 is 4.74 Å². The Bertz CT molecular complexity index is 337. The molecule has 1 aliphatic heterocycles. The number of nitrogens with zero attached hydrogens (tertiary/aromatic N) is 2. The lowest BCUT2D eigenvalue weighted by atomic mass is 10.2. The Hall–Kier alpha value is -0.870. The molecule has 0 bridgehead atoms. The highest BCUT2D eigenvalue weighted by atomic mass is 16.5. The Labute approximate surface area is 103 Å². The van der Waals surface area contributed by atoms with Crippen LogP contribution in [0.5, 0.6) is 0 Å². The van der Waals surface area contributed by atoms with E-state index in [1.54, 1.807) is 0 Å². The monoisotopic (exact) mass is 237 g/mol. The molecule has 0 saturated carbocycles. The predicted molar refractivity (Wildman–Crippen MR) is 67.8 cm³/mol. The predicted octanol–water partition coefficient (Wildman–Crippen LogP) is 1.95. The van der Waals surface area contributed by atoms with Crippen molar-refractivity contribution >= 4 is 0 Å². The third-order valence-corrected chi connectivity index (χ3v) is 3.15. The summed E-state index contributed by atoms with van der Waals surface area (Å²) in [5.74, 6) is 0. The fraction of sp³-hybridized carbons (Fsp3) is 0.769. The molecule has 96 valence electrons. The van der Waals surface area contributed by atoms with Crippen LogP contribution in [-0.4, -0.2) is 28.3 Å². The van der Waals surface area contributed by atoms with Crippen molar-refractivity contribution in [1.82, 2.24) is 14.9 Å². The Morgan fingerprint density at radius 2 is 2.41 bits per heavy atom. The van der Waals surface area contributed by atoms with E-state index in [1.165, 1.54) is 12.8 Å². The van der Waals surface area contributed by atoms with Crippen LogP contribution < -0.4 is 5.32 Å². The summed E-state index contributed by atoms with van der Waals surface area (Å²) < 4.78 is 7.95. The first-order valence-electron chi connectivity index (χ1n) is 6.64. The van der Waals surface area contributed by atoms with E-state index in [1.807, 2.05) is 6.33 Å². The van der Waals surface area contributed by atoms with Gasteiger partial charge in [-0.15, -0.1) is 0 Å². The van der Waals surface area contributed by atoms with Gasteiger partial charge < -0.3 is 14.6 Å². The van der Waals surface area contributed by atoms with E-state index in [0.29, 0.717) is 12.2 Å². The van der Waals surface area contributed by atoms with Crippen LogP contribution >= 0.6 is 0 Å². The van der Waals surface area contributed by atoms with Gasteiger partial charge in [0.05, 0.1) is 24.2 Å². The van der Waals surface area contributed by atoms with Crippen molar-refractivity contribution in [2.75, 3.05) is 6.54 Å². The average Bonchev–Trinajstić information content (AvgIpc) is 2.90. The van der Waals surface area contributed by atoms with Crippen LogP contribution in [0.1, 0.15) is 38.8 Å². The SMILES string of the molecule is CCCNCc1cn(CC2CCC(C)O2)cn1. The third-order valence-electron chi connectivity index (χ3n) is 3.15. The lowest BCUT2D eigenvalue weighted by Gasteiger charge is -2.11. The summed E-state index contributed by atoms with van der Waals surface area (Å²) in [5.41, 5.74) is 1.12. The summed E-state index contributed by atoms with van der Waals surface area (Å²) in [4.78, 5) is 4.39. The first kappa shape index (κ1) is 12.6. The number of ether oxygens (including phenoxy) is 1. The molecule has 2 atom stereocenters. The maximum Gasteiger partial charge on any atom is 0.0950 e. The molecule has 0 radical (unpaired) electrons. The van der Waals surface area contributed by atoms with E-state index in [9.17, 15) is 0 Å². The van der Waals surface area contributed by atoms with Gasteiger partial charge in [-0.1, -0.05) is 6.92 Å². The summed E-state index contributed by atoms with van der Waals surface area (Å²) in [6.07, 6.45) is 8.34. The molecule has 1 aromatic heterocycles. The first-order chi connectivity index (χ1) is 8.28. The van der Waals surface area contributed by atoms with E-state index in [4.69, 9.17) is 4.74 Å². The third kappa shape index (κ3) is 3.82. The van der Waals surface area contributed by atoms with Crippen LogP contribution in [0, 0.1) is 0 Å². The molecule has 1 aromatic rings. The van der Waals surface area contributed by atoms with Gasteiger partial charge in [-0.05, 0) is 32.7 Å². The molecule has 17 heavy (non-hydrogen) atoms. The zero-order chi connectivity index (χ0) is 12.1. The van der Waals surface area contributed by atoms with Gasteiger partial charge in [0.15, 0.2) is 0 Å². The summed E-state index contributed by atoms with van der Waals surface area (Å²) in [7, 11) is 0. The molecule has 0 aliphatic carbocycles. The zero-order valence-corrected chi connectivity index (χ0v) is 10.9. The standard InChI is InChI=1S/C13H23N3O/c1-3-6-14-7-12-8-16(10-15-12)9-13-5-4-11(2)17-13/h8,10-11,13-14H,3-7,9H2,1-2H3. The minimum absolute atomic E-state index is 0.371. The van der Waals surface area contributed by atoms with Gasteiger partial charge >= 0.3 is 0 Å². The van der Waals surface area contributed by atoms with Crippen LogP contribution in [0.2, 0.25) is 0 Å². The first-order valence-corrected chi connectivity index (χ1v) is 6.64. The van der Waals surface area contributed by atoms with Crippen LogP contribution in [-0.2, 0) is 17.8 Å². The molecule has 1 saturated heterocycles. The normalized spacial score (nSPS) is 24.4. The van der Waals surface area contributed by atoms with E-state index in [0.717, 1.165) is 31.7 Å². The molecule has 0 aromatic carbocycles. The smallest absolute Gasteiger partial charge is 0.0950 e. The van der Waals surface area contributed by atoms with E-state index >= 15 is 0 Å². The zero-order valence-electron chi connectivity index (χ0n) is 10.9. The van der Waals surface area contributed by atoms with Crippen molar-refractivity contribution in [3.05, 3.63) is 18.2 Å². The van der Waals surface area contributed by atoms with Crippen molar-refractivity contribution in [1.29, 1.82) is 0 Å².